The lowest BCUT2D eigenvalue weighted by atomic mass is 10.0. The molecule has 0 radical (unpaired) electrons. The number of fused-ring (bicyclic) bond motifs is 3. The molecule has 0 aliphatic carbocycles. The van der Waals surface area contributed by atoms with Gasteiger partial charge in [0.1, 0.15) is 0 Å². The number of pyridine rings is 1. The Balaban J connectivity index is 0.00000144. The van der Waals surface area contributed by atoms with E-state index in [4.69, 9.17) is 0 Å². The van der Waals surface area contributed by atoms with Crippen LogP contribution in [0.5, 0.6) is 0 Å². The van der Waals surface area contributed by atoms with Gasteiger partial charge in [0.25, 0.3) is 0 Å². The standard InChI is InChI=1S/C20H16N.BrH/c1-2-7-16(8-3-1)15-21-14-6-11-19-18-10-5-4-9-17(18)12-13-20(19)21;/h1-14H,15H2;1H/q+1;/p-1. The van der Waals surface area contributed by atoms with E-state index in [-0.39, 0.29) is 17.0 Å². The van der Waals surface area contributed by atoms with Crippen LogP contribution in [0.3, 0.4) is 0 Å². The second kappa shape index (κ2) is 6.29. The van der Waals surface area contributed by atoms with E-state index in [9.17, 15) is 0 Å². The monoisotopic (exact) mass is 349 g/mol. The lowest BCUT2D eigenvalue weighted by Gasteiger charge is -2.04. The van der Waals surface area contributed by atoms with Crippen molar-refractivity contribution in [2.24, 2.45) is 0 Å². The van der Waals surface area contributed by atoms with Crippen LogP contribution in [0.4, 0.5) is 0 Å². The second-order valence-corrected chi connectivity index (χ2v) is 5.34. The SMILES string of the molecule is [Br-].c1ccc(C[n+]2cccc3c4ccccc4ccc32)cc1. The fraction of sp³-hybridized carbons (Fsp3) is 0.0500. The molecule has 0 aliphatic heterocycles. The Labute approximate surface area is 140 Å². The number of hydrogen-bond acceptors (Lipinski definition) is 0. The van der Waals surface area contributed by atoms with Crippen LogP contribution >= 0.6 is 0 Å². The first kappa shape index (κ1) is 14.7. The van der Waals surface area contributed by atoms with Gasteiger partial charge in [0, 0.05) is 17.7 Å². The minimum atomic E-state index is 0. The Bertz CT molecular complexity index is 916. The molecule has 1 nitrogen and oxygen atoms in total. The molecule has 0 N–H and O–H groups in total. The van der Waals surface area contributed by atoms with Crippen molar-refractivity contribution in [3.05, 3.63) is 90.6 Å². The highest BCUT2D eigenvalue weighted by atomic mass is 79.9. The molecule has 2 heteroatoms. The van der Waals surface area contributed by atoms with Crippen molar-refractivity contribution < 1.29 is 21.5 Å². The van der Waals surface area contributed by atoms with Gasteiger partial charge in [0.05, 0.1) is 5.39 Å². The van der Waals surface area contributed by atoms with Crippen LogP contribution in [0.25, 0.3) is 21.7 Å². The zero-order valence-corrected chi connectivity index (χ0v) is 13.7. The van der Waals surface area contributed by atoms with Crippen molar-refractivity contribution in [1.29, 1.82) is 0 Å². The van der Waals surface area contributed by atoms with Gasteiger partial charge in [-0.05, 0) is 22.9 Å². The second-order valence-electron chi connectivity index (χ2n) is 5.34. The average molecular weight is 350 g/mol. The molecule has 108 valence electrons. The molecule has 4 aromatic rings. The summed E-state index contributed by atoms with van der Waals surface area (Å²) in [7, 11) is 0. The number of rotatable bonds is 2. The van der Waals surface area contributed by atoms with Gasteiger partial charge < -0.3 is 17.0 Å². The molecule has 0 saturated heterocycles. The fourth-order valence-electron chi connectivity index (χ4n) is 2.95. The molecule has 0 aliphatic rings. The van der Waals surface area contributed by atoms with Crippen LogP contribution in [0.1, 0.15) is 5.56 Å². The largest absolute Gasteiger partial charge is 1.00 e. The van der Waals surface area contributed by atoms with E-state index in [0.717, 1.165) is 6.54 Å². The van der Waals surface area contributed by atoms with Crippen LogP contribution in [-0.2, 0) is 6.54 Å². The first-order chi connectivity index (χ1) is 10.4. The van der Waals surface area contributed by atoms with Gasteiger partial charge in [-0.25, -0.2) is 0 Å². The molecule has 0 fully saturated rings. The van der Waals surface area contributed by atoms with Gasteiger partial charge in [0.2, 0.25) is 5.52 Å². The Kier molecular flexibility index (Phi) is 4.21. The first-order valence-corrected chi connectivity index (χ1v) is 7.26. The third-order valence-electron chi connectivity index (χ3n) is 3.98. The molecule has 1 aromatic heterocycles. The predicted octanol–water partition coefficient (Wildman–Crippen LogP) is 1.33. The molecular formula is C20H16BrN. The van der Waals surface area contributed by atoms with Gasteiger partial charge in [0.15, 0.2) is 12.7 Å². The minimum absolute atomic E-state index is 0. The van der Waals surface area contributed by atoms with Crippen molar-refractivity contribution in [2.75, 3.05) is 0 Å². The molecule has 22 heavy (non-hydrogen) atoms. The van der Waals surface area contributed by atoms with Crippen LogP contribution < -0.4 is 21.5 Å². The van der Waals surface area contributed by atoms with E-state index in [1.807, 2.05) is 0 Å². The number of benzene rings is 3. The zero-order valence-electron chi connectivity index (χ0n) is 12.1. The topological polar surface area (TPSA) is 3.88 Å². The van der Waals surface area contributed by atoms with E-state index >= 15 is 0 Å². The van der Waals surface area contributed by atoms with Gasteiger partial charge in [-0.2, -0.15) is 4.57 Å². The summed E-state index contributed by atoms with van der Waals surface area (Å²) in [6.45, 7) is 0.899. The summed E-state index contributed by atoms with van der Waals surface area (Å²) >= 11 is 0. The normalized spacial score (nSPS) is 10.5. The van der Waals surface area contributed by atoms with Crippen LogP contribution in [0.2, 0.25) is 0 Å². The van der Waals surface area contributed by atoms with E-state index in [1.165, 1.54) is 27.2 Å². The molecular weight excluding hydrogens is 334 g/mol. The lowest BCUT2D eigenvalue weighted by molar-refractivity contribution is -0.662. The molecule has 0 saturated carbocycles. The molecule has 1 heterocycles. The summed E-state index contributed by atoms with van der Waals surface area (Å²) in [5.74, 6) is 0. The third kappa shape index (κ3) is 2.62. The number of aromatic nitrogens is 1. The van der Waals surface area contributed by atoms with E-state index in [1.54, 1.807) is 0 Å². The highest BCUT2D eigenvalue weighted by molar-refractivity contribution is 6.04. The van der Waals surface area contributed by atoms with Crippen molar-refractivity contribution in [3.63, 3.8) is 0 Å². The summed E-state index contributed by atoms with van der Waals surface area (Å²) in [6.07, 6.45) is 2.16. The number of halogens is 1. The molecule has 3 aromatic carbocycles. The molecule has 0 bridgehead atoms. The van der Waals surface area contributed by atoms with E-state index < -0.39 is 0 Å². The van der Waals surface area contributed by atoms with Gasteiger partial charge >= 0.3 is 0 Å². The zero-order chi connectivity index (χ0) is 14.1. The fourth-order valence-corrected chi connectivity index (χ4v) is 2.95. The maximum absolute atomic E-state index is 2.32. The first-order valence-electron chi connectivity index (χ1n) is 7.26. The van der Waals surface area contributed by atoms with E-state index in [0.29, 0.717) is 0 Å². The average Bonchev–Trinajstić information content (AvgIpc) is 2.56. The van der Waals surface area contributed by atoms with Crippen LogP contribution in [-0.4, -0.2) is 0 Å². The maximum Gasteiger partial charge on any atom is 0.213 e. The highest BCUT2D eigenvalue weighted by Crippen LogP contribution is 2.22. The molecule has 0 unspecified atom stereocenters. The van der Waals surface area contributed by atoms with Gasteiger partial charge in [-0.15, -0.1) is 0 Å². The molecule has 0 atom stereocenters. The summed E-state index contributed by atoms with van der Waals surface area (Å²) in [5, 5.41) is 3.92. The Morgan fingerprint density at radius 1 is 0.636 bits per heavy atom. The Hall–Kier alpha value is -2.19. The minimum Gasteiger partial charge on any atom is -1.00 e. The smallest absolute Gasteiger partial charge is 0.213 e. The van der Waals surface area contributed by atoms with Crippen molar-refractivity contribution in [2.45, 2.75) is 6.54 Å². The van der Waals surface area contributed by atoms with Crippen molar-refractivity contribution in [3.8, 4) is 0 Å². The maximum atomic E-state index is 2.32. The summed E-state index contributed by atoms with van der Waals surface area (Å²) in [4.78, 5) is 0. The number of nitrogens with zero attached hydrogens (tertiary/aromatic N) is 1. The van der Waals surface area contributed by atoms with Crippen molar-refractivity contribution >= 4 is 21.7 Å². The van der Waals surface area contributed by atoms with E-state index in [2.05, 4.69) is 89.6 Å². The predicted molar refractivity (Wildman–Crippen MR) is 87.2 cm³/mol. The summed E-state index contributed by atoms with van der Waals surface area (Å²) in [5.41, 5.74) is 2.60. The lowest BCUT2D eigenvalue weighted by Crippen LogP contribution is -3.00. The molecule has 4 rings (SSSR count). The van der Waals surface area contributed by atoms with Crippen molar-refractivity contribution in [1.82, 2.24) is 0 Å². The van der Waals surface area contributed by atoms with Crippen LogP contribution in [0.15, 0.2) is 85.1 Å². The molecule has 0 amide bonds. The quantitative estimate of drug-likeness (QED) is 0.379. The Morgan fingerprint density at radius 2 is 1.36 bits per heavy atom. The molecule has 0 spiro atoms. The van der Waals surface area contributed by atoms with Crippen LogP contribution in [0, 0.1) is 0 Å². The number of hydrogen-bond donors (Lipinski definition) is 0. The highest BCUT2D eigenvalue weighted by Gasteiger charge is 2.11. The third-order valence-corrected chi connectivity index (χ3v) is 3.98. The van der Waals surface area contributed by atoms with Gasteiger partial charge in [-0.3, -0.25) is 0 Å². The summed E-state index contributed by atoms with van der Waals surface area (Å²) in [6, 6.07) is 27.9. The van der Waals surface area contributed by atoms with Gasteiger partial charge in [-0.1, -0.05) is 54.6 Å². The summed E-state index contributed by atoms with van der Waals surface area (Å²) < 4.78 is 2.32. The Morgan fingerprint density at radius 3 is 2.23 bits per heavy atom.